The molecule has 3 unspecified atom stereocenters. The van der Waals surface area contributed by atoms with Gasteiger partial charge in [0.15, 0.2) is 0 Å². The highest BCUT2D eigenvalue weighted by molar-refractivity contribution is 9.10. The van der Waals surface area contributed by atoms with Crippen LogP contribution in [0.4, 0.5) is 0 Å². The molecule has 146 valence electrons. The van der Waals surface area contributed by atoms with Crippen LogP contribution < -0.4 is 4.74 Å². The number of ether oxygens (including phenoxy) is 2. The van der Waals surface area contributed by atoms with E-state index in [2.05, 4.69) is 46.0 Å². The van der Waals surface area contributed by atoms with Gasteiger partial charge in [-0.2, -0.15) is 0 Å². The molecule has 0 radical (unpaired) electrons. The van der Waals surface area contributed by atoms with E-state index in [-0.39, 0.29) is 18.8 Å². The lowest BCUT2D eigenvalue weighted by Crippen LogP contribution is -2.49. The van der Waals surface area contributed by atoms with Crippen molar-refractivity contribution in [3.8, 4) is 5.75 Å². The molecule has 1 N–H and O–H groups in total. The predicted molar refractivity (Wildman–Crippen MR) is 111 cm³/mol. The zero-order valence-electron chi connectivity index (χ0n) is 16.2. The SMILES string of the molecule is Cc1cc(C)cc(OCC(O)CN2CCOC(c3ccc(Br)cc3)C2C)c1. The molecule has 27 heavy (non-hydrogen) atoms. The Kier molecular flexibility index (Phi) is 6.93. The molecule has 1 aliphatic heterocycles. The van der Waals surface area contributed by atoms with Crippen LogP contribution in [0.5, 0.6) is 5.75 Å². The van der Waals surface area contributed by atoms with E-state index >= 15 is 0 Å². The number of hydrogen-bond acceptors (Lipinski definition) is 4. The monoisotopic (exact) mass is 433 g/mol. The van der Waals surface area contributed by atoms with Gasteiger partial charge in [-0.15, -0.1) is 0 Å². The fourth-order valence-corrected chi connectivity index (χ4v) is 3.91. The molecule has 4 nitrogen and oxygen atoms in total. The van der Waals surface area contributed by atoms with E-state index in [4.69, 9.17) is 9.47 Å². The van der Waals surface area contributed by atoms with Gasteiger partial charge in [0.05, 0.1) is 12.7 Å². The van der Waals surface area contributed by atoms with Crippen LogP contribution >= 0.6 is 15.9 Å². The Morgan fingerprint density at radius 3 is 2.52 bits per heavy atom. The predicted octanol–water partition coefficient (Wildman–Crippen LogP) is 4.27. The van der Waals surface area contributed by atoms with E-state index in [9.17, 15) is 5.11 Å². The summed E-state index contributed by atoms with van der Waals surface area (Å²) in [4.78, 5) is 2.28. The Morgan fingerprint density at radius 2 is 1.85 bits per heavy atom. The van der Waals surface area contributed by atoms with Gasteiger partial charge in [-0.25, -0.2) is 0 Å². The molecule has 3 atom stereocenters. The third-order valence-corrected chi connectivity index (χ3v) is 5.50. The van der Waals surface area contributed by atoms with Gasteiger partial charge >= 0.3 is 0 Å². The Labute approximate surface area is 170 Å². The number of hydrogen-bond donors (Lipinski definition) is 1. The largest absolute Gasteiger partial charge is 0.491 e. The van der Waals surface area contributed by atoms with Crippen molar-refractivity contribution in [3.63, 3.8) is 0 Å². The third kappa shape index (κ3) is 5.55. The lowest BCUT2D eigenvalue weighted by molar-refractivity contribution is -0.0804. The molecule has 0 amide bonds. The van der Waals surface area contributed by atoms with E-state index < -0.39 is 6.10 Å². The Bertz CT molecular complexity index is 729. The van der Waals surface area contributed by atoms with Crippen molar-refractivity contribution in [2.75, 3.05) is 26.3 Å². The quantitative estimate of drug-likeness (QED) is 0.738. The maximum atomic E-state index is 10.5. The number of aliphatic hydroxyl groups is 1. The van der Waals surface area contributed by atoms with Crippen LogP contribution in [0.2, 0.25) is 0 Å². The van der Waals surface area contributed by atoms with Crippen LogP contribution in [-0.4, -0.2) is 48.5 Å². The summed E-state index contributed by atoms with van der Waals surface area (Å²) in [6, 6.07) is 14.6. The number of morpholine rings is 1. The molecular weight excluding hydrogens is 406 g/mol. The van der Waals surface area contributed by atoms with Crippen molar-refractivity contribution in [1.29, 1.82) is 0 Å². The van der Waals surface area contributed by atoms with Gasteiger partial charge < -0.3 is 14.6 Å². The van der Waals surface area contributed by atoms with Crippen LogP contribution in [0.1, 0.15) is 29.7 Å². The molecule has 1 saturated heterocycles. The molecule has 3 rings (SSSR count). The van der Waals surface area contributed by atoms with Gasteiger partial charge in [0.25, 0.3) is 0 Å². The van der Waals surface area contributed by atoms with Gasteiger partial charge in [0, 0.05) is 23.6 Å². The van der Waals surface area contributed by atoms with E-state index in [1.54, 1.807) is 0 Å². The zero-order valence-corrected chi connectivity index (χ0v) is 17.8. The summed E-state index contributed by atoms with van der Waals surface area (Å²) in [5.74, 6) is 0.814. The van der Waals surface area contributed by atoms with Gasteiger partial charge in [-0.1, -0.05) is 34.1 Å². The summed E-state index contributed by atoms with van der Waals surface area (Å²) in [6.07, 6.45) is -0.531. The normalized spacial score (nSPS) is 21.8. The standard InChI is InChI=1S/C22H28BrNO3/c1-15-10-16(2)12-21(11-15)27-14-20(25)13-24-8-9-26-22(17(24)3)18-4-6-19(23)7-5-18/h4-7,10-12,17,20,22,25H,8-9,13-14H2,1-3H3. The van der Waals surface area contributed by atoms with Gasteiger partial charge in [-0.3, -0.25) is 4.90 Å². The number of halogens is 1. The second-order valence-electron chi connectivity index (χ2n) is 7.37. The fraction of sp³-hybridized carbons (Fsp3) is 0.455. The van der Waals surface area contributed by atoms with Crippen molar-refractivity contribution >= 4 is 15.9 Å². The topological polar surface area (TPSA) is 41.9 Å². The summed E-state index contributed by atoms with van der Waals surface area (Å²) in [7, 11) is 0. The van der Waals surface area contributed by atoms with Crippen molar-refractivity contribution < 1.29 is 14.6 Å². The maximum Gasteiger partial charge on any atom is 0.119 e. The molecule has 0 aliphatic carbocycles. The molecule has 0 saturated carbocycles. The Balaban J connectivity index is 1.56. The lowest BCUT2D eigenvalue weighted by atomic mass is 10.0. The first-order valence-corrected chi connectivity index (χ1v) is 10.2. The average molecular weight is 434 g/mol. The van der Waals surface area contributed by atoms with Crippen molar-refractivity contribution in [2.24, 2.45) is 0 Å². The van der Waals surface area contributed by atoms with E-state index in [0.717, 1.165) is 22.3 Å². The van der Waals surface area contributed by atoms with Crippen LogP contribution in [0.25, 0.3) is 0 Å². The summed E-state index contributed by atoms with van der Waals surface area (Å²) in [5, 5.41) is 10.5. The first kappa shape index (κ1) is 20.3. The number of β-amino-alcohol motifs (C(OH)–C–C–N with tert-alkyl or cyclic N) is 1. The summed E-state index contributed by atoms with van der Waals surface area (Å²) in [6.45, 7) is 8.59. The molecule has 0 aromatic heterocycles. The highest BCUT2D eigenvalue weighted by atomic mass is 79.9. The average Bonchev–Trinajstić information content (AvgIpc) is 2.62. The van der Waals surface area contributed by atoms with Crippen LogP contribution in [0, 0.1) is 13.8 Å². The third-order valence-electron chi connectivity index (χ3n) is 4.97. The number of aryl methyl sites for hydroxylation is 2. The van der Waals surface area contributed by atoms with E-state index in [1.807, 2.05) is 38.1 Å². The van der Waals surface area contributed by atoms with Crippen molar-refractivity contribution in [2.45, 2.75) is 39.0 Å². The second kappa shape index (κ2) is 9.20. The van der Waals surface area contributed by atoms with E-state index in [0.29, 0.717) is 13.2 Å². The minimum absolute atomic E-state index is 0.0133. The molecular formula is C22H28BrNO3. The number of rotatable bonds is 6. The second-order valence-corrected chi connectivity index (χ2v) is 8.28. The number of benzene rings is 2. The summed E-state index contributed by atoms with van der Waals surface area (Å²) < 4.78 is 12.9. The Morgan fingerprint density at radius 1 is 1.19 bits per heavy atom. The van der Waals surface area contributed by atoms with Crippen LogP contribution in [0.15, 0.2) is 46.9 Å². The first-order valence-electron chi connectivity index (χ1n) is 9.42. The van der Waals surface area contributed by atoms with Gasteiger partial charge in [-0.05, 0) is 61.7 Å². The number of aliphatic hydroxyl groups excluding tert-OH is 1. The number of nitrogens with zero attached hydrogens (tertiary/aromatic N) is 1. The van der Waals surface area contributed by atoms with Crippen LogP contribution in [0.3, 0.4) is 0 Å². The van der Waals surface area contributed by atoms with Crippen LogP contribution in [-0.2, 0) is 4.74 Å². The first-order chi connectivity index (χ1) is 12.9. The molecule has 0 bridgehead atoms. The summed E-state index contributed by atoms with van der Waals surface area (Å²) >= 11 is 3.48. The van der Waals surface area contributed by atoms with E-state index in [1.165, 1.54) is 11.1 Å². The van der Waals surface area contributed by atoms with Crippen molar-refractivity contribution in [3.05, 3.63) is 63.6 Å². The minimum Gasteiger partial charge on any atom is -0.491 e. The Hall–Kier alpha value is -1.40. The van der Waals surface area contributed by atoms with Crippen molar-refractivity contribution in [1.82, 2.24) is 4.90 Å². The highest BCUT2D eigenvalue weighted by Gasteiger charge is 2.31. The molecule has 0 spiro atoms. The smallest absolute Gasteiger partial charge is 0.119 e. The fourth-order valence-electron chi connectivity index (χ4n) is 3.65. The lowest BCUT2D eigenvalue weighted by Gasteiger charge is -2.40. The summed E-state index contributed by atoms with van der Waals surface area (Å²) in [5.41, 5.74) is 3.49. The van der Waals surface area contributed by atoms with Gasteiger partial charge in [0.1, 0.15) is 18.5 Å². The molecule has 1 fully saturated rings. The molecule has 2 aromatic carbocycles. The molecule has 1 heterocycles. The molecule has 2 aromatic rings. The zero-order chi connectivity index (χ0) is 19.4. The maximum absolute atomic E-state index is 10.5. The highest BCUT2D eigenvalue weighted by Crippen LogP contribution is 2.29. The molecule has 5 heteroatoms. The molecule has 1 aliphatic rings. The van der Waals surface area contributed by atoms with Gasteiger partial charge in [0.2, 0.25) is 0 Å². The minimum atomic E-state index is -0.545.